The van der Waals surface area contributed by atoms with Crippen LogP contribution in [0.1, 0.15) is 11.3 Å². The van der Waals surface area contributed by atoms with Crippen molar-refractivity contribution in [1.82, 2.24) is 10.3 Å². The first-order valence-corrected chi connectivity index (χ1v) is 5.30. The first kappa shape index (κ1) is 10.1. The van der Waals surface area contributed by atoms with Crippen LogP contribution in [0, 0.1) is 6.92 Å². The van der Waals surface area contributed by atoms with Crippen molar-refractivity contribution in [2.24, 2.45) is 0 Å². The van der Waals surface area contributed by atoms with Gasteiger partial charge in [-0.2, -0.15) is 0 Å². The van der Waals surface area contributed by atoms with Crippen LogP contribution in [-0.4, -0.2) is 18.6 Å². The van der Waals surface area contributed by atoms with Crippen LogP contribution in [0.3, 0.4) is 0 Å². The zero-order valence-corrected chi connectivity index (χ0v) is 9.25. The third-order valence-electron chi connectivity index (χ3n) is 2.69. The van der Waals surface area contributed by atoms with E-state index in [1.165, 1.54) is 16.3 Å². The molecule has 1 aromatic carbocycles. The molecule has 78 valence electrons. The van der Waals surface area contributed by atoms with Gasteiger partial charge in [-0.1, -0.05) is 18.2 Å². The van der Waals surface area contributed by atoms with Gasteiger partial charge < -0.3 is 5.32 Å². The average Bonchev–Trinajstić information content (AvgIpc) is 2.26. The van der Waals surface area contributed by atoms with E-state index in [1.54, 1.807) is 0 Å². The summed E-state index contributed by atoms with van der Waals surface area (Å²) in [6.45, 7) is 3.07. The summed E-state index contributed by atoms with van der Waals surface area (Å²) in [7, 11) is 1.98. The normalized spacial score (nSPS) is 10.8. The zero-order chi connectivity index (χ0) is 10.7. The highest BCUT2D eigenvalue weighted by molar-refractivity contribution is 5.84. The molecule has 1 N–H and O–H groups in total. The van der Waals surface area contributed by atoms with Crippen LogP contribution in [-0.2, 0) is 6.42 Å². The molecule has 0 spiro atoms. The molecule has 2 heteroatoms. The molecule has 2 aromatic rings. The highest BCUT2D eigenvalue weighted by atomic mass is 14.8. The summed E-state index contributed by atoms with van der Waals surface area (Å²) in [6, 6.07) is 8.68. The Morgan fingerprint density at radius 3 is 2.93 bits per heavy atom. The number of aryl methyl sites for hydroxylation is 1. The van der Waals surface area contributed by atoms with Crippen LogP contribution in [0.4, 0.5) is 0 Å². The van der Waals surface area contributed by atoms with Crippen LogP contribution in [0.15, 0.2) is 30.5 Å². The molecule has 0 aliphatic rings. The molecule has 1 heterocycles. The van der Waals surface area contributed by atoms with Crippen LogP contribution in [0.2, 0.25) is 0 Å². The van der Waals surface area contributed by atoms with Gasteiger partial charge >= 0.3 is 0 Å². The zero-order valence-electron chi connectivity index (χ0n) is 9.25. The van der Waals surface area contributed by atoms with Crippen molar-refractivity contribution in [3.8, 4) is 0 Å². The summed E-state index contributed by atoms with van der Waals surface area (Å²) in [5, 5.41) is 5.71. The average molecular weight is 200 g/mol. The van der Waals surface area contributed by atoms with E-state index in [0.29, 0.717) is 0 Å². The number of nitrogens with one attached hydrogen (secondary N) is 1. The minimum absolute atomic E-state index is 1.02. The fraction of sp³-hybridized carbons (Fsp3) is 0.308. The van der Waals surface area contributed by atoms with Crippen LogP contribution in [0.25, 0.3) is 10.8 Å². The van der Waals surface area contributed by atoms with Gasteiger partial charge in [0.1, 0.15) is 0 Å². The van der Waals surface area contributed by atoms with Gasteiger partial charge in [-0.3, -0.25) is 4.98 Å². The predicted molar refractivity (Wildman–Crippen MR) is 64.1 cm³/mol. The van der Waals surface area contributed by atoms with E-state index in [1.807, 2.05) is 13.2 Å². The Balaban J connectivity index is 2.39. The van der Waals surface area contributed by atoms with Gasteiger partial charge in [-0.05, 0) is 44.0 Å². The fourth-order valence-corrected chi connectivity index (χ4v) is 1.80. The number of benzene rings is 1. The minimum Gasteiger partial charge on any atom is -0.319 e. The van der Waals surface area contributed by atoms with E-state index in [4.69, 9.17) is 0 Å². The molecule has 1 aromatic heterocycles. The summed E-state index contributed by atoms with van der Waals surface area (Å²) >= 11 is 0. The lowest BCUT2D eigenvalue weighted by Crippen LogP contribution is -2.10. The van der Waals surface area contributed by atoms with Crippen molar-refractivity contribution < 1.29 is 0 Å². The smallest absolute Gasteiger partial charge is 0.0450 e. The number of rotatable bonds is 3. The van der Waals surface area contributed by atoms with Gasteiger partial charge in [0.05, 0.1) is 0 Å². The molecule has 0 bridgehead atoms. The Morgan fingerprint density at radius 2 is 2.13 bits per heavy atom. The number of fused-ring (bicyclic) bond motifs is 1. The molecular formula is C13H16N2. The standard InChI is InChI=1S/C13H16N2/c1-10-13-4-3-11(5-7-14-2)9-12(13)6-8-15-10/h3-4,6,8-9,14H,5,7H2,1-2H3. The lowest BCUT2D eigenvalue weighted by atomic mass is 10.0. The van der Waals surface area contributed by atoms with Crippen molar-refractivity contribution in [1.29, 1.82) is 0 Å². The molecule has 0 saturated carbocycles. The fourth-order valence-electron chi connectivity index (χ4n) is 1.80. The number of pyridine rings is 1. The Labute approximate surface area is 90.3 Å². The lowest BCUT2D eigenvalue weighted by molar-refractivity contribution is 0.792. The molecule has 2 nitrogen and oxygen atoms in total. The highest BCUT2D eigenvalue weighted by Crippen LogP contribution is 2.17. The molecule has 15 heavy (non-hydrogen) atoms. The lowest BCUT2D eigenvalue weighted by Gasteiger charge is -2.04. The number of nitrogens with zero attached hydrogens (tertiary/aromatic N) is 1. The van der Waals surface area contributed by atoms with E-state index in [9.17, 15) is 0 Å². The number of likely N-dealkylation sites (N-methyl/N-ethyl adjacent to an activating group) is 1. The summed E-state index contributed by atoms with van der Waals surface area (Å²) < 4.78 is 0. The Kier molecular flexibility index (Phi) is 2.97. The quantitative estimate of drug-likeness (QED) is 0.822. The van der Waals surface area contributed by atoms with Gasteiger partial charge in [0, 0.05) is 17.3 Å². The molecule has 0 radical (unpaired) electrons. The number of hydrogen-bond donors (Lipinski definition) is 1. The van der Waals surface area contributed by atoms with Crippen molar-refractivity contribution in [3.05, 3.63) is 41.7 Å². The number of aromatic nitrogens is 1. The maximum absolute atomic E-state index is 4.29. The topological polar surface area (TPSA) is 24.9 Å². The van der Waals surface area contributed by atoms with Crippen molar-refractivity contribution >= 4 is 10.8 Å². The predicted octanol–water partition coefficient (Wildman–Crippen LogP) is 2.31. The molecule has 0 atom stereocenters. The highest BCUT2D eigenvalue weighted by Gasteiger charge is 1.99. The maximum Gasteiger partial charge on any atom is 0.0450 e. The molecule has 0 fully saturated rings. The molecule has 2 rings (SSSR count). The Bertz CT molecular complexity index is 463. The SMILES string of the molecule is CNCCc1ccc2c(C)nccc2c1. The molecule has 0 aliphatic carbocycles. The summed E-state index contributed by atoms with van der Waals surface area (Å²) in [6.07, 6.45) is 2.95. The van der Waals surface area contributed by atoms with E-state index < -0.39 is 0 Å². The van der Waals surface area contributed by atoms with Gasteiger partial charge in [0.2, 0.25) is 0 Å². The van der Waals surface area contributed by atoms with E-state index in [-0.39, 0.29) is 0 Å². The molecular weight excluding hydrogens is 184 g/mol. The molecule has 0 saturated heterocycles. The summed E-state index contributed by atoms with van der Waals surface area (Å²) in [5.41, 5.74) is 2.48. The van der Waals surface area contributed by atoms with Gasteiger partial charge in [-0.25, -0.2) is 0 Å². The largest absolute Gasteiger partial charge is 0.319 e. The van der Waals surface area contributed by atoms with Crippen LogP contribution in [0.5, 0.6) is 0 Å². The number of hydrogen-bond acceptors (Lipinski definition) is 2. The van der Waals surface area contributed by atoms with Crippen LogP contribution < -0.4 is 5.32 Å². The van der Waals surface area contributed by atoms with Crippen LogP contribution >= 0.6 is 0 Å². The van der Waals surface area contributed by atoms with Crippen molar-refractivity contribution in [2.45, 2.75) is 13.3 Å². The van der Waals surface area contributed by atoms with Gasteiger partial charge in [-0.15, -0.1) is 0 Å². The summed E-state index contributed by atoms with van der Waals surface area (Å²) in [5.74, 6) is 0. The first-order valence-electron chi connectivity index (χ1n) is 5.30. The summed E-state index contributed by atoms with van der Waals surface area (Å²) in [4.78, 5) is 4.29. The first-order chi connectivity index (χ1) is 7.31. The third kappa shape index (κ3) is 2.16. The van der Waals surface area contributed by atoms with Gasteiger partial charge in [0.25, 0.3) is 0 Å². The van der Waals surface area contributed by atoms with Crippen molar-refractivity contribution in [3.63, 3.8) is 0 Å². The molecule has 0 amide bonds. The molecule has 0 unspecified atom stereocenters. The Morgan fingerprint density at radius 1 is 1.27 bits per heavy atom. The minimum atomic E-state index is 1.02. The van der Waals surface area contributed by atoms with Gasteiger partial charge in [0.15, 0.2) is 0 Å². The van der Waals surface area contributed by atoms with E-state index in [2.05, 4.69) is 41.5 Å². The monoisotopic (exact) mass is 200 g/mol. The Hall–Kier alpha value is -1.41. The van der Waals surface area contributed by atoms with E-state index >= 15 is 0 Å². The van der Waals surface area contributed by atoms with E-state index in [0.717, 1.165) is 18.7 Å². The van der Waals surface area contributed by atoms with Crippen molar-refractivity contribution in [2.75, 3.05) is 13.6 Å². The third-order valence-corrected chi connectivity index (χ3v) is 2.69. The second-order valence-corrected chi connectivity index (χ2v) is 3.81. The maximum atomic E-state index is 4.29. The molecule has 0 aliphatic heterocycles. The second kappa shape index (κ2) is 4.41. The second-order valence-electron chi connectivity index (χ2n) is 3.81.